The summed E-state index contributed by atoms with van der Waals surface area (Å²) in [6.45, 7) is 8.20. The number of phenols is 1. The first-order chi connectivity index (χ1) is 7.00. The molecule has 0 bridgehead atoms. The highest BCUT2D eigenvalue weighted by Gasteiger charge is 2.10. The van der Waals surface area contributed by atoms with Crippen LogP contribution in [0, 0.1) is 5.82 Å². The van der Waals surface area contributed by atoms with Crippen LogP contribution >= 0.6 is 0 Å². The summed E-state index contributed by atoms with van der Waals surface area (Å²) < 4.78 is 13.4. The van der Waals surface area contributed by atoms with Gasteiger partial charge in [0.1, 0.15) is 11.6 Å². The predicted octanol–water partition coefficient (Wildman–Crippen LogP) is 2.76. The molecular weight excluding hydrogens is 193 g/mol. The number of aromatic hydroxyl groups is 1. The molecule has 1 rings (SSSR count). The molecule has 0 aromatic heterocycles. The molecule has 1 unspecified atom stereocenters. The fourth-order valence-electron chi connectivity index (χ4n) is 1.30. The van der Waals surface area contributed by atoms with Crippen LogP contribution in [0.4, 0.5) is 4.39 Å². The highest BCUT2D eigenvalue weighted by molar-refractivity contribution is 5.29. The zero-order valence-electron chi connectivity index (χ0n) is 9.05. The van der Waals surface area contributed by atoms with Crippen LogP contribution in [-0.2, 0) is 0 Å². The first-order valence-electron chi connectivity index (χ1n) is 4.87. The number of hydrogen-bond acceptors (Lipinski definition) is 2. The highest BCUT2D eigenvalue weighted by Crippen LogP contribution is 2.20. The van der Waals surface area contributed by atoms with Crippen LogP contribution in [0.3, 0.4) is 0 Å². The van der Waals surface area contributed by atoms with Gasteiger partial charge < -0.3 is 10.4 Å². The fourth-order valence-corrected chi connectivity index (χ4v) is 1.30. The van der Waals surface area contributed by atoms with Gasteiger partial charge in [-0.05, 0) is 19.9 Å². The summed E-state index contributed by atoms with van der Waals surface area (Å²) >= 11 is 0. The van der Waals surface area contributed by atoms with Gasteiger partial charge in [0.2, 0.25) is 0 Å². The summed E-state index contributed by atoms with van der Waals surface area (Å²) in [5.74, 6) is -0.444. The van der Waals surface area contributed by atoms with E-state index in [4.69, 9.17) is 5.11 Å². The van der Waals surface area contributed by atoms with Gasteiger partial charge in [0.05, 0.1) is 0 Å². The molecule has 0 saturated carbocycles. The average molecular weight is 209 g/mol. The van der Waals surface area contributed by atoms with Gasteiger partial charge in [-0.3, -0.25) is 0 Å². The monoisotopic (exact) mass is 209 g/mol. The minimum Gasteiger partial charge on any atom is -0.508 e. The molecule has 0 heterocycles. The largest absolute Gasteiger partial charge is 0.508 e. The van der Waals surface area contributed by atoms with Crippen molar-refractivity contribution in [2.24, 2.45) is 0 Å². The Hall–Kier alpha value is -1.35. The Morgan fingerprint density at radius 2 is 2.27 bits per heavy atom. The summed E-state index contributed by atoms with van der Waals surface area (Å²) in [7, 11) is 0. The van der Waals surface area contributed by atoms with Crippen molar-refractivity contribution in [1.29, 1.82) is 0 Å². The van der Waals surface area contributed by atoms with Gasteiger partial charge in [-0.15, -0.1) is 0 Å². The number of halogens is 1. The zero-order valence-corrected chi connectivity index (χ0v) is 9.05. The number of nitrogens with one attached hydrogen (secondary N) is 1. The SMILES string of the molecule is C=C(C)CNC(C)c1ccc(O)cc1F. The van der Waals surface area contributed by atoms with Crippen LogP contribution in [0.15, 0.2) is 30.4 Å². The van der Waals surface area contributed by atoms with E-state index in [1.165, 1.54) is 6.07 Å². The van der Waals surface area contributed by atoms with Crippen LogP contribution in [0.2, 0.25) is 0 Å². The normalized spacial score (nSPS) is 12.5. The van der Waals surface area contributed by atoms with Gasteiger partial charge >= 0.3 is 0 Å². The number of rotatable bonds is 4. The van der Waals surface area contributed by atoms with Crippen LogP contribution in [-0.4, -0.2) is 11.7 Å². The Bertz CT molecular complexity index is 363. The Morgan fingerprint density at radius 3 is 2.80 bits per heavy atom. The van der Waals surface area contributed by atoms with E-state index in [0.717, 1.165) is 11.6 Å². The lowest BCUT2D eigenvalue weighted by Crippen LogP contribution is -2.21. The molecule has 0 aliphatic heterocycles. The number of phenolic OH excluding ortho intramolecular Hbond substituents is 1. The average Bonchev–Trinajstić information content (AvgIpc) is 2.14. The van der Waals surface area contributed by atoms with Crippen molar-refractivity contribution in [1.82, 2.24) is 5.32 Å². The van der Waals surface area contributed by atoms with Crippen molar-refractivity contribution < 1.29 is 9.50 Å². The van der Waals surface area contributed by atoms with Gasteiger partial charge in [-0.25, -0.2) is 4.39 Å². The van der Waals surface area contributed by atoms with Crippen molar-refractivity contribution in [2.45, 2.75) is 19.9 Å². The van der Waals surface area contributed by atoms with Gasteiger partial charge in [0.15, 0.2) is 0 Å². The summed E-state index contributed by atoms with van der Waals surface area (Å²) in [6, 6.07) is 4.09. The molecule has 0 amide bonds. The molecule has 1 aromatic rings. The van der Waals surface area contributed by atoms with Gasteiger partial charge in [-0.1, -0.05) is 18.2 Å². The van der Waals surface area contributed by atoms with Crippen LogP contribution < -0.4 is 5.32 Å². The van der Waals surface area contributed by atoms with Gasteiger partial charge in [0.25, 0.3) is 0 Å². The summed E-state index contributed by atoms with van der Waals surface area (Å²) in [5.41, 5.74) is 1.55. The third-order valence-electron chi connectivity index (χ3n) is 2.16. The molecule has 0 aliphatic rings. The lowest BCUT2D eigenvalue weighted by atomic mass is 10.1. The maximum atomic E-state index is 13.4. The van der Waals surface area contributed by atoms with Crippen molar-refractivity contribution >= 4 is 0 Å². The molecule has 2 N–H and O–H groups in total. The molecule has 0 fully saturated rings. The molecule has 0 saturated heterocycles. The molecule has 1 aromatic carbocycles. The zero-order chi connectivity index (χ0) is 11.4. The maximum absolute atomic E-state index is 13.4. The van der Waals surface area contributed by atoms with Crippen molar-refractivity contribution in [3.8, 4) is 5.75 Å². The summed E-state index contributed by atoms with van der Waals surface area (Å²) in [4.78, 5) is 0. The minimum absolute atomic E-state index is 0.0525. The second-order valence-corrected chi connectivity index (χ2v) is 3.77. The van der Waals surface area contributed by atoms with E-state index >= 15 is 0 Å². The third-order valence-corrected chi connectivity index (χ3v) is 2.16. The van der Waals surface area contributed by atoms with Crippen molar-refractivity contribution in [2.75, 3.05) is 6.54 Å². The lowest BCUT2D eigenvalue weighted by Gasteiger charge is -2.15. The highest BCUT2D eigenvalue weighted by atomic mass is 19.1. The Morgan fingerprint density at radius 1 is 1.60 bits per heavy atom. The Kier molecular flexibility index (Phi) is 3.86. The maximum Gasteiger partial charge on any atom is 0.131 e. The molecule has 0 aliphatic carbocycles. The molecule has 3 heteroatoms. The molecule has 2 nitrogen and oxygen atoms in total. The fraction of sp³-hybridized carbons (Fsp3) is 0.333. The molecular formula is C12H16FNO. The quantitative estimate of drug-likeness (QED) is 0.747. The van der Waals surface area contributed by atoms with Crippen LogP contribution in [0.1, 0.15) is 25.5 Å². The molecule has 15 heavy (non-hydrogen) atoms. The minimum atomic E-state index is -0.392. The second kappa shape index (κ2) is 4.94. The number of benzene rings is 1. The summed E-state index contributed by atoms with van der Waals surface area (Å²) in [5, 5.41) is 12.2. The smallest absolute Gasteiger partial charge is 0.131 e. The van der Waals surface area contributed by atoms with Crippen LogP contribution in [0.5, 0.6) is 5.75 Å². The topological polar surface area (TPSA) is 32.3 Å². The van der Waals surface area contributed by atoms with E-state index in [9.17, 15) is 4.39 Å². The third kappa shape index (κ3) is 3.36. The van der Waals surface area contributed by atoms with E-state index in [1.807, 2.05) is 13.8 Å². The second-order valence-electron chi connectivity index (χ2n) is 3.77. The summed E-state index contributed by atoms with van der Waals surface area (Å²) in [6.07, 6.45) is 0. The first kappa shape index (κ1) is 11.7. The van der Waals surface area contributed by atoms with Gasteiger partial charge in [0, 0.05) is 24.2 Å². The van der Waals surface area contributed by atoms with E-state index < -0.39 is 5.82 Å². The predicted molar refractivity (Wildman–Crippen MR) is 59.3 cm³/mol. The van der Waals surface area contributed by atoms with Crippen molar-refractivity contribution in [3.63, 3.8) is 0 Å². The van der Waals surface area contributed by atoms with Crippen LogP contribution in [0.25, 0.3) is 0 Å². The molecule has 82 valence electrons. The molecule has 1 atom stereocenters. The van der Waals surface area contributed by atoms with E-state index in [2.05, 4.69) is 11.9 Å². The standard InChI is InChI=1S/C12H16FNO/c1-8(2)7-14-9(3)11-5-4-10(15)6-12(11)13/h4-6,9,14-15H,1,7H2,2-3H3. The Balaban J connectivity index is 2.73. The molecule has 0 radical (unpaired) electrons. The number of hydrogen-bond donors (Lipinski definition) is 2. The van der Waals surface area contributed by atoms with E-state index in [0.29, 0.717) is 12.1 Å². The van der Waals surface area contributed by atoms with Crippen molar-refractivity contribution in [3.05, 3.63) is 41.7 Å². The van der Waals surface area contributed by atoms with E-state index in [1.54, 1.807) is 6.07 Å². The Labute approximate surface area is 89.4 Å². The lowest BCUT2D eigenvalue weighted by molar-refractivity contribution is 0.464. The molecule has 0 spiro atoms. The van der Waals surface area contributed by atoms with Gasteiger partial charge in [-0.2, -0.15) is 0 Å². The first-order valence-corrected chi connectivity index (χ1v) is 4.87. The van der Waals surface area contributed by atoms with E-state index in [-0.39, 0.29) is 11.8 Å².